The highest BCUT2D eigenvalue weighted by Crippen LogP contribution is 2.31. The van der Waals surface area contributed by atoms with Crippen LogP contribution in [0.5, 0.6) is 11.5 Å². The number of benzene rings is 2. The molecule has 0 spiro atoms. The van der Waals surface area contributed by atoms with Crippen molar-refractivity contribution >= 4 is 11.6 Å². The first kappa shape index (κ1) is 18.1. The molecule has 6 heteroatoms. The number of hydrogen-bond acceptors (Lipinski definition) is 5. The molecular formula is C20H24N2O4. The Hall–Kier alpha value is -2.73. The molecule has 2 N–H and O–H groups in total. The Labute approximate surface area is 153 Å². The maximum atomic E-state index is 12.3. The fourth-order valence-corrected chi connectivity index (χ4v) is 2.86. The van der Waals surface area contributed by atoms with E-state index in [2.05, 4.69) is 10.6 Å². The van der Waals surface area contributed by atoms with Crippen molar-refractivity contribution in [3.63, 3.8) is 0 Å². The van der Waals surface area contributed by atoms with E-state index in [9.17, 15) is 4.79 Å². The molecule has 0 radical (unpaired) electrons. The van der Waals surface area contributed by atoms with Gasteiger partial charge in [-0.1, -0.05) is 24.3 Å². The molecule has 1 heterocycles. The van der Waals surface area contributed by atoms with E-state index < -0.39 is 0 Å². The van der Waals surface area contributed by atoms with Gasteiger partial charge in [0.15, 0.2) is 0 Å². The molecule has 0 bridgehead atoms. The predicted octanol–water partition coefficient (Wildman–Crippen LogP) is 2.76. The highest BCUT2D eigenvalue weighted by molar-refractivity contribution is 5.81. The molecule has 2 aromatic carbocycles. The quantitative estimate of drug-likeness (QED) is 0.712. The van der Waals surface area contributed by atoms with E-state index in [0.717, 1.165) is 29.2 Å². The Bertz CT molecular complexity index is 735. The molecule has 2 aromatic rings. The third kappa shape index (κ3) is 4.89. The number of nitrogens with one attached hydrogen (secondary N) is 2. The van der Waals surface area contributed by atoms with E-state index >= 15 is 0 Å². The maximum Gasteiger partial charge on any atom is 0.239 e. The summed E-state index contributed by atoms with van der Waals surface area (Å²) in [5.41, 5.74) is 1.86. The Kier molecular flexibility index (Phi) is 6.33. The molecule has 0 fully saturated rings. The summed E-state index contributed by atoms with van der Waals surface area (Å²) in [6, 6.07) is 15.3. The summed E-state index contributed by atoms with van der Waals surface area (Å²) in [6.45, 7) is 1.83. The first-order valence-electron chi connectivity index (χ1n) is 8.73. The average molecular weight is 356 g/mol. The number of anilines is 1. The van der Waals surface area contributed by atoms with Gasteiger partial charge >= 0.3 is 0 Å². The number of fused-ring (bicyclic) bond motifs is 1. The summed E-state index contributed by atoms with van der Waals surface area (Å²) in [6.07, 6.45) is 0.769. The van der Waals surface area contributed by atoms with Crippen molar-refractivity contribution in [2.75, 3.05) is 38.8 Å². The number of rotatable bonds is 8. The SMILES string of the molecule is COCCOc1cccc(NCC(=O)NC2CCOc3ccccc32)c1. The molecule has 3 rings (SSSR count). The van der Waals surface area contributed by atoms with Crippen molar-refractivity contribution in [1.82, 2.24) is 5.32 Å². The van der Waals surface area contributed by atoms with E-state index in [1.807, 2.05) is 48.5 Å². The van der Waals surface area contributed by atoms with Gasteiger partial charge in [0.2, 0.25) is 5.91 Å². The van der Waals surface area contributed by atoms with Crippen LogP contribution in [0.2, 0.25) is 0 Å². The van der Waals surface area contributed by atoms with Crippen LogP contribution in [0.1, 0.15) is 18.0 Å². The maximum absolute atomic E-state index is 12.3. The molecule has 26 heavy (non-hydrogen) atoms. The van der Waals surface area contributed by atoms with Crippen LogP contribution in [0.15, 0.2) is 48.5 Å². The van der Waals surface area contributed by atoms with Crippen molar-refractivity contribution in [3.05, 3.63) is 54.1 Å². The van der Waals surface area contributed by atoms with E-state index in [-0.39, 0.29) is 18.5 Å². The number of para-hydroxylation sites is 1. The number of hydrogen-bond donors (Lipinski definition) is 2. The first-order chi connectivity index (χ1) is 12.8. The van der Waals surface area contributed by atoms with Gasteiger partial charge in [0.05, 0.1) is 25.8 Å². The van der Waals surface area contributed by atoms with Crippen molar-refractivity contribution < 1.29 is 19.0 Å². The van der Waals surface area contributed by atoms with Crippen LogP contribution in [0, 0.1) is 0 Å². The van der Waals surface area contributed by atoms with E-state index in [0.29, 0.717) is 19.8 Å². The third-order valence-electron chi connectivity index (χ3n) is 4.14. The molecule has 1 aliphatic rings. The van der Waals surface area contributed by atoms with Gasteiger partial charge in [-0.15, -0.1) is 0 Å². The zero-order chi connectivity index (χ0) is 18.2. The summed E-state index contributed by atoms with van der Waals surface area (Å²) < 4.78 is 16.2. The van der Waals surface area contributed by atoms with Crippen molar-refractivity contribution in [2.45, 2.75) is 12.5 Å². The normalized spacial score (nSPS) is 15.5. The second-order valence-corrected chi connectivity index (χ2v) is 6.02. The van der Waals surface area contributed by atoms with Crippen molar-refractivity contribution in [3.8, 4) is 11.5 Å². The molecule has 0 saturated carbocycles. The molecule has 1 atom stereocenters. The topological polar surface area (TPSA) is 68.8 Å². The summed E-state index contributed by atoms with van der Waals surface area (Å²) in [5, 5.41) is 6.21. The standard InChI is InChI=1S/C20H24N2O4/c1-24-11-12-25-16-6-4-5-15(13-16)21-14-20(23)22-18-9-10-26-19-8-3-2-7-17(18)19/h2-8,13,18,21H,9-12,14H2,1H3,(H,22,23). The van der Waals surface area contributed by atoms with Gasteiger partial charge in [0.1, 0.15) is 18.1 Å². The lowest BCUT2D eigenvalue weighted by molar-refractivity contribution is -0.120. The predicted molar refractivity (Wildman–Crippen MR) is 99.7 cm³/mol. The molecule has 1 amide bonds. The van der Waals surface area contributed by atoms with Crippen LogP contribution in [0.3, 0.4) is 0 Å². The first-order valence-corrected chi connectivity index (χ1v) is 8.73. The summed E-state index contributed by atoms with van der Waals surface area (Å²) in [5.74, 6) is 1.53. The summed E-state index contributed by atoms with van der Waals surface area (Å²) in [4.78, 5) is 12.3. The van der Waals surface area contributed by atoms with E-state index in [4.69, 9.17) is 14.2 Å². The number of carbonyl (C=O) groups excluding carboxylic acids is 1. The van der Waals surface area contributed by atoms with Gasteiger partial charge in [0, 0.05) is 30.8 Å². The van der Waals surface area contributed by atoms with E-state index in [1.54, 1.807) is 7.11 Å². The zero-order valence-electron chi connectivity index (χ0n) is 14.9. The molecule has 0 aliphatic carbocycles. The van der Waals surface area contributed by atoms with Crippen LogP contribution < -0.4 is 20.1 Å². The minimum atomic E-state index is -0.0580. The Morgan fingerprint density at radius 3 is 2.96 bits per heavy atom. The molecule has 0 saturated heterocycles. The number of carbonyl (C=O) groups is 1. The lowest BCUT2D eigenvalue weighted by Gasteiger charge is -2.26. The van der Waals surface area contributed by atoms with Gasteiger partial charge in [-0.05, 0) is 18.2 Å². The minimum absolute atomic E-state index is 0.0158. The molecule has 1 unspecified atom stereocenters. The van der Waals surface area contributed by atoms with Crippen LogP contribution in [-0.2, 0) is 9.53 Å². The van der Waals surface area contributed by atoms with Gasteiger partial charge in [-0.25, -0.2) is 0 Å². The monoisotopic (exact) mass is 356 g/mol. The summed E-state index contributed by atoms with van der Waals surface area (Å²) in [7, 11) is 1.64. The average Bonchev–Trinajstić information content (AvgIpc) is 2.67. The van der Waals surface area contributed by atoms with Crippen molar-refractivity contribution in [1.29, 1.82) is 0 Å². The summed E-state index contributed by atoms with van der Waals surface area (Å²) >= 11 is 0. The number of methoxy groups -OCH3 is 1. The molecule has 0 aromatic heterocycles. The Balaban J connectivity index is 1.51. The molecule has 6 nitrogen and oxygen atoms in total. The van der Waals surface area contributed by atoms with Crippen molar-refractivity contribution in [2.24, 2.45) is 0 Å². The molecule has 138 valence electrons. The van der Waals surface area contributed by atoms with E-state index in [1.165, 1.54) is 0 Å². The fourth-order valence-electron chi connectivity index (χ4n) is 2.86. The second kappa shape index (κ2) is 9.10. The van der Waals surface area contributed by atoms with Crippen LogP contribution in [0.25, 0.3) is 0 Å². The van der Waals surface area contributed by atoms with Crippen LogP contribution in [-0.4, -0.2) is 39.4 Å². The highest BCUT2D eigenvalue weighted by atomic mass is 16.5. The lowest BCUT2D eigenvalue weighted by atomic mass is 10.0. The minimum Gasteiger partial charge on any atom is -0.493 e. The second-order valence-electron chi connectivity index (χ2n) is 6.02. The lowest BCUT2D eigenvalue weighted by Crippen LogP contribution is -2.35. The molecule has 1 aliphatic heterocycles. The van der Waals surface area contributed by atoms with Gasteiger partial charge < -0.3 is 24.8 Å². The van der Waals surface area contributed by atoms with Gasteiger partial charge in [-0.3, -0.25) is 4.79 Å². The number of ether oxygens (including phenoxy) is 3. The fraction of sp³-hybridized carbons (Fsp3) is 0.350. The Morgan fingerprint density at radius 1 is 1.19 bits per heavy atom. The van der Waals surface area contributed by atoms with Crippen LogP contribution in [0.4, 0.5) is 5.69 Å². The smallest absolute Gasteiger partial charge is 0.239 e. The van der Waals surface area contributed by atoms with Gasteiger partial charge in [0.25, 0.3) is 0 Å². The Morgan fingerprint density at radius 2 is 2.08 bits per heavy atom. The molecular weight excluding hydrogens is 332 g/mol. The number of amides is 1. The largest absolute Gasteiger partial charge is 0.493 e. The van der Waals surface area contributed by atoms with Crippen LogP contribution >= 0.6 is 0 Å². The third-order valence-corrected chi connectivity index (χ3v) is 4.14. The highest BCUT2D eigenvalue weighted by Gasteiger charge is 2.22. The zero-order valence-corrected chi connectivity index (χ0v) is 14.9. The van der Waals surface area contributed by atoms with Gasteiger partial charge in [-0.2, -0.15) is 0 Å².